The van der Waals surface area contributed by atoms with Crippen molar-refractivity contribution in [2.45, 2.75) is 46.6 Å². The molecule has 0 aliphatic heterocycles. The van der Waals surface area contributed by atoms with Gasteiger partial charge in [-0.05, 0) is 19.8 Å². The highest BCUT2D eigenvalue weighted by Crippen LogP contribution is 2.15. The number of hydrogen-bond donors (Lipinski definition) is 1. The van der Waals surface area contributed by atoms with Crippen LogP contribution in [0, 0.1) is 11.1 Å². The number of rotatable bonds is 5. The van der Waals surface area contributed by atoms with E-state index < -0.39 is 4.81 Å². The van der Waals surface area contributed by atoms with E-state index in [0.717, 1.165) is 12.8 Å². The second kappa shape index (κ2) is 4.80. The highest BCUT2D eigenvalue weighted by molar-refractivity contribution is 4.52. The van der Waals surface area contributed by atoms with Gasteiger partial charge in [0, 0.05) is 5.92 Å². The molecule has 0 aromatic carbocycles. The fraction of sp³-hybridized carbons (Fsp3) is 1.00. The lowest BCUT2D eigenvalue weighted by Crippen LogP contribution is -2.48. The van der Waals surface area contributed by atoms with Gasteiger partial charge in [0.25, 0.3) is 0 Å². The third kappa shape index (κ3) is 3.52. The molecule has 0 aromatic rings. The molecule has 0 spiro atoms. The maximum Gasteiger partial charge on any atom is 0.115 e. The molecule has 3 unspecified atom stereocenters. The number of hydroxylamine groups is 4. The Morgan fingerprint density at radius 1 is 1.25 bits per heavy atom. The second-order valence-electron chi connectivity index (χ2n) is 3.71. The summed E-state index contributed by atoms with van der Waals surface area (Å²) in [5.74, 6) is 0.293. The Morgan fingerprint density at radius 2 is 1.75 bits per heavy atom. The number of nitrogens with zero attached hydrogens (tertiary/aromatic N) is 1. The summed E-state index contributed by atoms with van der Waals surface area (Å²) < 4.78 is 0. The third-order valence-corrected chi connectivity index (χ3v) is 2.55. The zero-order valence-corrected chi connectivity index (χ0v) is 8.58. The molecule has 0 saturated heterocycles. The van der Waals surface area contributed by atoms with E-state index >= 15 is 0 Å². The standard InChI is InChI=1S/C9H21NO2/c1-5-8(3)7-10(11,12)9(4)6-2/h8-9,11H,5-7H2,1-4H3. The van der Waals surface area contributed by atoms with E-state index in [2.05, 4.69) is 0 Å². The van der Waals surface area contributed by atoms with Gasteiger partial charge in [0.2, 0.25) is 0 Å². The molecule has 3 nitrogen and oxygen atoms in total. The van der Waals surface area contributed by atoms with Crippen LogP contribution in [0.4, 0.5) is 0 Å². The van der Waals surface area contributed by atoms with Crippen molar-refractivity contribution in [2.24, 2.45) is 5.92 Å². The SMILES string of the molecule is CCC(C)C[N+]([O-])(O)C(C)CC. The van der Waals surface area contributed by atoms with Gasteiger partial charge < -0.3 is 5.21 Å². The molecule has 3 heteroatoms. The first-order valence-corrected chi connectivity index (χ1v) is 4.75. The van der Waals surface area contributed by atoms with Crippen LogP contribution in [-0.2, 0) is 0 Å². The van der Waals surface area contributed by atoms with E-state index in [9.17, 15) is 10.4 Å². The van der Waals surface area contributed by atoms with E-state index in [1.54, 1.807) is 6.92 Å². The van der Waals surface area contributed by atoms with Gasteiger partial charge in [0.15, 0.2) is 0 Å². The minimum Gasteiger partial charge on any atom is -0.598 e. The molecule has 0 fully saturated rings. The van der Waals surface area contributed by atoms with Gasteiger partial charge in [-0.3, -0.25) is 0 Å². The summed E-state index contributed by atoms with van der Waals surface area (Å²) in [6.07, 6.45) is 1.66. The number of hydrogen-bond acceptors (Lipinski definition) is 2. The van der Waals surface area contributed by atoms with Crippen molar-refractivity contribution < 1.29 is 10.0 Å². The molecule has 1 N–H and O–H groups in total. The first-order valence-electron chi connectivity index (χ1n) is 4.75. The Bertz CT molecular complexity index is 126. The van der Waals surface area contributed by atoms with Gasteiger partial charge in [-0.2, -0.15) is 0 Å². The smallest absolute Gasteiger partial charge is 0.115 e. The molecule has 0 aromatic heterocycles. The van der Waals surface area contributed by atoms with Crippen LogP contribution < -0.4 is 0 Å². The van der Waals surface area contributed by atoms with Crippen LogP contribution in [0.5, 0.6) is 0 Å². The zero-order valence-electron chi connectivity index (χ0n) is 8.58. The molecule has 3 atom stereocenters. The average molecular weight is 175 g/mol. The van der Waals surface area contributed by atoms with Crippen LogP contribution in [-0.4, -0.2) is 22.6 Å². The summed E-state index contributed by atoms with van der Waals surface area (Å²) in [6.45, 7) is 8.04. The largest absolute Gasteiger partial charge is 0.598 e. The summed E-state index contributed by atoms with van der Waals surface area (Å²) in [7, 11) is 0. The third-order valence-electron chi connectivity index (χ3n) is 2.55. The molecule has 0 amide bonds. The minimum atomic E-state index is -1.08. The molecular weight excluding hydrogens is 154 g/mol. The van der Waals surface area contributed by atoms with Crippen LogP contribution in [0.2, 0.25) is 0 Å². The quantitative estimate of drug-likeness (QED) is 0.515. The van der Waals surface area contributed by atoms with E-state index in [4.69, 9.17) is 0 Å². The van der Waals surface area contributed by atoms with Crippen LogP contribution in [0.25, 0.3) is 0 Å². The maximum atomic E-state index is 11.5. The van der Waals surface area contributed by atoms with Crippen molar-refractivity contribution in [1.82, 2.24) is 0 Å². The van der Waals surface area contributed by atoms with Crippen molar-refractivity contribution >= 4 is 0 Å². The molecule has 0 bridgehead atoms. The van der Waals surface area contributed by atoms with Crippen molar-refractivity contribution in [3.63, 3.8) is 0 Å². The molecule has 74 valence electrons. The molecule has 0 aliphatic carbocycles. The summed E-state index contributed by atoms with van der Waals surface area (Å²) in [6, 6.07) is -0.209. The normalized spacial score (nSPS) is 21.5. The predicted octanol–water partition coefficient (Wildman–Crippen LogP) is 2.53. The molecule has 0 rings (SSSR count). The lowest BCUT2D eigenvalue weighted by molar-refractivity contribution is -1.08. The van der Waals surface area contributed by atoms with E-state index in [0.29, 0.717) is 12.5 Å². The molecule has 0 heterocycles. The highest BCUT2D eigenvalue weighted by atomic mass is 16.8. The first kappa shape index (κ1) is 11.9. The lowest BCUT2D eigenvalue weighted by Gasteiger charge is -2.40. The van der Waals surface area contributed by atoms with Gasteiger partial charge in [0.05, 0.1) is 0 Å². The fourth-order valence-corrected chi connectivity index (χ4v) is 1.04. The Balaban J connectivity index is 4.02. The van der Waals surface area contributed by atoms with Gasteiger partial charge in [0.1, 0.15) is 12.6 Å². The Kier molecular flexibility index (Phi) is 4.75. The lowest BCUT2D eigenvalue weighted by atomic mass is 10.1. The van der Waals surface area contributed by atoms with Crippen LogP contribution >= 0.6 is 0 Å². The zero-order chi connectivity index (χ0) is 9.78. The first-order chi connectivity index (χ1) is 5.44. The van der Waals surface area contributed by atoms with Crippen molar-refractivity contribution in [3.8, 4) is 0 Å². The van der Waals surface area contributed by atoms with Gasteiger partial charge >= 0.3 is 0 Å². The van der Waals surface area contributed by atoms with Gasteiger partial charge in [-0.1, -0.05) is 20.8 Å². The van der Waals surface area contributed by atoms with Crippen LogP contribution in [0.1, 0.15) is 40.5 Å². The Morgan fingerprint density at radius 3 is 2.08 bits per heavy atom. The summed E-state index contributed by atoms with van der Waals surface area (Å²) in [5.41, 5.74) is 0. The fourth-order valence-electron chi connectivity index (χ4n) is 1.04. The van der Waals surface area contributed by atoms with E-state index in [1.807, 2.05) is 20.8 Å². The highest BCUT2D eigenvalue weighted by Gasteiger charge is 2.23. The maximum absolute atomic E-state index is 11.5. The minimum absolute atomic E-state index is 0.209. The molecular formula is C9H21NO2. The van der Waals surface area contributed by atoms with Crippen molar-refractivity contribution in [1.29, 1.82) is 0 Å². The molecule has 0 saturated carbocycles. The summed E-state index contributed by atoms with van der Waals surface area (Å²) >= 11 is 0. The van der Waals surface area contributed by atoms with E-state index in [-0.39, 0.29) is 6.04 Å². The van der Waals surface area contributed by atoms with Gasteiger partial charge in [-0.15, -0.1) is 0 Å². The second-order valence-corrected chi connectivity index (χ2v) is 3.71. The van der Waals surface area contributed by atoms with E-state index in [1.165, 1.54) is 0 Å². The predicted molar refractivity (Wildman–Crippen MR) is 49.5 cm³/mol. The molecule has 0 radical (unpaired) electrons. The van der Waals surface area contributed by atoms with Crippen molar-refractivity contribution in [2.75, 3.05) is 6.54 Å². The van der Waals surface area contributed by atoms with Crippen LogP contribution in [0.15, 0.2) is 0 Å². The summed E-state index contributed by atoms with van der Waals surface area (Å²) in [4.78, 5) is -1.08. The Labute approximate surface area is 75.1 Å². The van der Waals surface area contributed by atoms with Crippen molar-refractivity contribution in [3.05, 3.63) is 5.21 Å². The molecule has 0 aliphatic rings. The average Bonchev–Trinajstić information content (AvgIpc) is 2.02. The summed E-state index contributed by atoms with van der Waals surface area (Å²) in [5, 5.41) is 21.0. The van der Waals surface area contributed by atoms with Crippen LogP contribution in [0.3, 0.4) is 0 Å². The number of quaternary nitrogens is 1. The molecule has 12 heavy (non-hydrogen) atoms. The Hall–Kier alpha value is -0.120. The topological polar surface area (TPSA) is 43.3 Å². The monoisotopic (exact) mass is 175 g/mol. The van der Waals surface area contributed by atoms with Gasteiger partial charge in [-0.25, -0.2) is 10.0 Å².